The van der Waals surface area contributed by atoms with E-state index in [1.54, 1.807) is 0 Å². The molecule has 1 aromatic rings. The molecule has 0 saturated heterocycles. The molecule has 0 aromatic heterocycles. The standard InChI is InChI=1S/C18H27NO3/c1-17(2,3)22-16(21)19-18(11-9-15(20)10-12-18)13-14-7-5-4-6-8-14/h4-8,15,20H,9-13H2,1-3H3,(H,19,21). The number of aliphatic hydroxyl groups excluding tert-OH is 1. The number of aliphatic hydroxyl groups is 1. The maximum absolute atomic E-state index is 12.2. The van der Waals surface area contributed by atoms with Gasteiger partial charge < -0.3 is 15.2 Å². The van der Waals surface area contributed by atoms with Crippen molar-refractivity contribution in [3.63, 3.8) is 0 Å². The molecule has 4 heteroatoms. The Hall–Kier alpha value is -1.55. The van der Waals surface area contributed by atoms with Crippen LogP contribution in [0.1, 0.15) is 52.0 Å². The Balaban J connectivity index is 2.10. The van der Waals surface area contributed by atoms with Gasteiger partial charge >= 0.3 is 6.09 Å². The van der Waals surface area contributed by atoms with Crippen LogP contribution in [0.2, 0.25) is 0 Å². The molecule has 1 aliphatic carbocycles. The molecule has 4 nitrogen and oxygen atoms in total. The lowest BCUT2D eigenvalue weighted by Gasteiger charge is -2.40. The molecule has 0 aliphatic heterocycles. The summed E-state index contributed by atoms with van der Waals surface area (Å²) in [6.45, 7) is 5.59. The van der Waals surface area contributed by atoms with Gasteiger partial charge in [-0.15, -0.1) is 0 Å². The Morgan fingerprint density at radius 1 is 1.27 bits per heavy atom. The smallest absolute Gasteiger partial charge is 0.408 e. The van der Waals surface area contributed by atoms with Gasteiger partial charge in [-0.1, -0.05) is 30.3 Å². The second-order valence-electron chi connectivity index (χ2n) is 7.30. The highest BCUT2D eigenvalue weighted by atomic mass is 16.6. The number of carbonyl (C=O) groups excluding carboxylic acids is 1. The van der Waals surface area contributed by atoms with E-state index in [1.165, 1.54) is 5.56 Å². The molecule has 1 aromatic carbocycles. The molecular weight excluding hydrogens is 278 g/mol. The molecular formula is C18H27NO3. The molecule has 122 valence electrons. The van der Waals surface area contributed by atoms with Crippen LogP contribution in [0.15, 0.2) is 30.3 Å². The number of benzene rings is 1. The van der Waals surface area contributed by atoms with Crippen molar-refractivity contribution in [3.05, 3.63) is 35.9 Å². The van der Waals surface area contributed by atoms with Crippen LogP contribution in [-0.2, 0) is 11.2 Å². The van der Waals surface area contributed by atoms with E-state index in [4.69, 9.17) is 4.74 Å². The van der Waals surface area contributed by atoms with Crippen LogP contribution >= 0.6 is 0 Å². The van der Waals surface area contributed by atoms with Crippen molar-refractivity contribution in [3.8, 4) is 0 Å². The third-order valence-electron chi connectivity index (χ3n) is 4.06. The number of amides is 1. The first-order chi connectivity index (χ1) is 10.3. The van der Waals surface area contributed by atoms with Gasteiger partial charge in [0.05, 0.1) is 6.10 Å². The summed E-state index contributed by atoms with van der Waals surface area (Å²) in [6, 6.07) is 10.2. The summed E-state index contributed by atoms with van der Waals surface area (Å²) in [7, 11) is 0. The van der Waals surface area contributed by atoms with Gasteiger partial charge in [0.25, 0.3) is 0 Å². The Kier molecular flexibility index (Phi) is 5.12. The average Bonchev–Trinajstić information content (AvgIpc) is 2.41. The van der Waals surface area contributed by atoms with Crippen LogP contribution in [0.5, 0.6) is 0 Å². The summed E-state index contributed by atoms with van der Waals surface area (Å²) < 4.78 is 5.42. The largest absolute Gasteiger partial charge is 0.444 e. The molecule has 2 N–H and O–H groups in total. The Labute approximate surface area is 132 Å². The SMILES string of the molecule is CC(C)(C)OC(=O)NC1(Cc2ccccc2)CCC(O)CC1. The zero-order valence-corrected chi connectivity index (χ0v) is 13.8. The van der Waals surface area contributed by atoms with E-state index >= 15 is 0 Å². The second kappa shape index (κ2) is 6.69. The average molecular weight is 305 g/mol. The minimum atomic E-state index is -0.508. The van der Waals surface area contributed by atoms with Crippen LogP contribution in [0.25, 0.3) is 0 Å². The van der Waals surface area contributed by atoms with Crippen LogP contribution < -0.4 is 5.32 Å². The highest BCUT2D eigenvalue weighted by Crippen LogP contribution is 2.32. The Morgan fingerprint density at radius 3 is 2.41 bits per heavy atom. The fourth-order valence-electron chi connectivity index (χ4n) is 3.01. The van der Waals surface area contributed by atoms with E-state index in [9.17, 15) is 9.90 Å². The first kappa shape index (κ1) is 16.8. The number of carbonyl (C=O) groups is 1. The van der Waals surface area contributed by atoms with Gasteiger partial charge in [-0.2, -0.15) is 0 Å². The Morgan fingerprint density at radius 2 is 1.86 bits per heavy atom. The summed E-state index contributed by atoms with van der Waals surface area (Å²) in [5, 5.41) is 12.9. The second-order valence-corrected chi connectivity index (χ2v) is 7.30. The summed E-state index contributed by atoms with van der Waals surface area (Å²) in [5.41, 5.74) is 0.352. The van der Waals surface area contributed by atoms with E-state index in [0.29, 0.717) is 12.8 Å². The first-order valence-corrected chi connectivity index (χ1v) is 8.01. The lowest BCUT2D eigenvalue weighted by Crippen LogP contribution is -2.54. The van der Waals surface area contributed by atoms with Crippen molar-refractivity contribution >= 4 is 6.09 Å². The molecule has 0 atom stereocenters. The van der Waals surface area contributed by atoms with E-state index in [0.717, 1.165) is 19.3 Å². The van der Waals surface area contributed by atoms with Crippen LogP contribution in [0.4, 0.5) is 4.79 Å². The fraction of sp³-hybridized carbons (Fsp3) is 0.611. The number of hydrogen-bond acceptors (Lipinski definition) is 3. The van der Waals surface area contributed by atoms with Gasteiger partial charge in [0.1, 0.15) is 5.60 Å². The molecule has 0 spiro atoms. The van der Waals surface area contributed by atoms with E-state index in [2.05, 4.69) is 17.4 Å². The topological polar surface area (TPSA) is 58.6 Å². The van der Waals surface area contributed by atoms with Crippen molar-refractivity contribution in [2.75, 3.05) is 0 Å². The van der Waals surface area contributed by atoms with Gasteiger partial charge in [-0.3, -0.25) is 0 Å². The van der Waals surface area contributed by atoms with Gasteiger partial charge in [0.15, 0.2) is 0 Å². The Bertz CT molecular complexity index is 485. The zero-order chi connectivity index (χ0) is 16.2. The monoisotopic (exact) mass is 305 g/mol. The van der Waals surface area contributed by atoms with E-state index in [1.807, 2.05) is 39.0 Å². The molecule has 1 aliphatic rings. The minimum absolute atomic E-state index is 0.260. The molecule has 0 heterocycles. The maximum atomic E-state index is 12.2. The van der Waals surface area contributed by atoms with Crippen molar-refractivity contribution in [2.24, 2.45) is 0 Å². The summed E-state index contributed by atoms with van der Waals surface area (Å²) >= 11 is 0. The third-order valence-corrected chi connectivity index (χ3v) is 4.06. The highest BCUT2D eigenvalue weighted by Gasteiger charge is 2.37. The van der Waals surface area contributed by atoms with Crippen LogP contribution in [-0.4, -0.2) is 28.4 Å². The number of rotatable bonds is 3. The van der Waals surface area contributed by atoms with Crippen LogP contribution in [0, 0.1) is 0 Å². The van der Waals surface area contributed by atoms with Gasteiger partial charge in [0.2, 0.25) is 0 Å². The lowest BCUT2D eigenvalue weighted by atomic mass is 9.76. The third kappa shape index (κ3) is 5.02. The lowest BCUT2D eigenvalue weighted by molar-refractivity contribution is 0.0338. The highest BCUT2D eigenvalue weighted by molar-refractivity contribution is 5.69. The molecule has 1 fully saturated rings. The molecule has 0 bridgehead atoms. The quantitative estimate of drug-likeness (QED) is 0.899. The number of alkyl carbamates (subject to hydrolysis) is 1. The summed E-state index contributed by atoms with van der Waals surface area (Å²) in [4.78, 5) is 12.2. The van der Waals surface area contributed by atoms with E-state index < -0.39 is 5.60 Å². The molecule has 0 unspecified atom stereocenters. The van der Waals surface area contributed by atoms with Crippen LogP contribution in [0.3, 0.4) is 0 Å². The summed E-state index contributed by atoms with van der Waals surface area (Å²) in [5.74, 6) is 0. The molecule has 2 rings (SSSR count). The normalized spacial score (nSPS) is 25.5. The number of ether oxygens (including phenoxy) is 1. The predicted octanol–water partition coefficient (Wildman–Crippen LogP) is 3.43. The van der Waals surface area contributed by atoms with Gasteiger partial charge in [-0.25, -0.2) is 4.79 Å². The van der Waals surface area contributed by atoms with Crippen molar-refractivity contribution in [2.45, 2.75) is 70.1 Å². The predicted molar refractivity (Wildman–Crippen MR) is 86.7 cm³/mol. The number of hydrogen-bond donors (Lipinski definition) is 2. The van der Waals surface area contributed by atoms with Gasteiger partial charge in [0, 0.05) is 5.54 Å². The zero-order valence-electron chi connectivity index (χ0n) is 13.8. The maximum Gasteiger partial charge on any atom is 0.408 e. The van der Waals surface area contributed by atoms with E-state index in [-0.39, 0.29) is 17.7 Å². The molecule has 22 heavy (non-hydrogen) atoms. The van der Waals surface area contributed by atoms with Crippen molar-refractivity contribution in [1.29, 1.82) is 0 Å². The van der Waals surface area contributed by atoms with Crippen molar-refractivity contribution < 1.29 is 14.6 Å². The van der Waals surface area contributed by atoms with Gasteiger partial charge in [-0.05, 0) is 58.4 Å². The molecule has 0 radical (unpaired) electrons. The summed E-state index contributed by atoms with van der Waals surface area (Å²) in [6.07, 6.45) is 3.08. The number of nitrogens with one attached hydrogen (secondary N) is 1. The minimum Gasteiger partial charge on any atom is -0.444 e. The molecule has 1 saturated carbocycles. The first-order valence-electron chi connectivity index (χ1n) is 8.01. The fourth-order valence-corrected chi connectivity index (χ4v) is 3.01. The van der Waals surface area contributed by atoms with Crippen molar-refractivity contribution in [1.82, 2.24) is 5.32 Å². The molecule has 1 amide bonds.